The third kappa shape index (κ3) is 3.13. The van der Waals surface area contributed by atoms with E-state index < -0.39 is 0 Å². The molecule has 0 amide bonds. The Balaban J connectivity index is 2.79. The number of nitrogens with two attached hydrogens (primary N) is 1. The van der Waals surface area contributed by atoms with Crippen LogP contribution in [0.3, 0.4) is 0 Å². The highest BCUT2D eigenvalue weighted by Crippen LogP contribution is 2.16. The fraction of sp³-hybridized carbons (Fsp3) is 0.455. The maximum Gasteiger partial charge on any atom is 0.0671 e. The Bertz CT molecular complexity index is 356. The van der Waals surface area contributed by atoms with Gasteiger partial charge in [0.25, 0.3) is 0 Å². The quantitative estimate of drug-likeness (QED) is 0.809. The number of nitrogens with zero attached hydrogens (tertiary/aromatic N) is 3. The van der Waals surface area contributed by atoms with Gasteiger partial charge in [0.15, 0.2) is 0 Å². The second-order valence-corrected chi connectivity index (χ2v) is 3.55. The van der Waals surface area contributed by atoms with Gasteiger partial charge in [-0.2, -0.15) is 5.26 Å². The average Bonchev–Trinajstić information content (AvgIpc) is 2.25. The Morgan fingerprint density at radius 3 is 2.87 bits per heavy atom. The average molecular weight is 204 g/mol. The minimum absolute atomic E-state index is 0.00591. The number of nitrogen functional groups attached to an aromatic ring is 1. The molecule has 1 unspecified atom stereocenters. The van der Waals surface area contributed by atoms with Crippen molar-refractivity contribution in [1.82, 2.24) is 4.98 Å². The minimum Gasteiger partial charge on any atom is -0.397 e. The molecule has 0 aliphatic heterocycles. The summed E-state index contributed by atoms with van der Waals surface area (Å²) in [5.74, 6) is 0.00591. The van der Waals surface area contributed by atoms with Crippen LogP contribution >= 0.6 is 0 Å². The van der Waals surface area contributed by atoms with Gasteiger partial charge in [-0.25, -0.2) is 0 Å². The van der Waals surface area contributed by atoms with E-state index in [1.165, 1.54) is 0 Å². The molecule has 15 heavy (non-hydrogen) atoms. The molecule has 2 N–H and O–H groups in total. The molecule has 0 spiro atoms. The van der Waals surface area contributed by atoms with Crippen LogP contribution in [0.2, 0.25) is 0 Å². The van der Waals surface area contributed by atoms with Crippen LogP contribution in [-0.4, -0.2) is 18.1 Å². The van der Waals surface area contributed by atoms with E-state index in [4.69, 9.17) is 11.0 Å². The van der Waals surface area contributed by atoms with Gasteiger partial charge < -0.3 is 10.6 Å². The van der Waals surface area contributed by atoms with Gasteiger partial charge in [-0.1, -0.05) is 0 Å². The molecule has 0 bridgehead atoms. The third-order valence-electron chi connectivity index (χ3n) is 2.21. The number of nitriles is 1. The Morgan fingerprint density at radius 2 is 2.33 bits per heavy atom. The summed E-state index contributed by atoms with van der Waals surface area (Å²) >= 11 is 0. The van der Waals surface area contributed by atoms with E-state index >= 15 is 0 Å². The second-order valence-electron chi connectivity index (χ2n) is 3.55. The smallest absolute Gasteiger partial charge is 0.0671 e. The number of hydrogen-bond donors (Lipinski definition) is 1. The normalized spacial score (nSPS) is 11.8. The highest BCUT2D eigenvalue weighted by molar-refractivity contribution is 5.53. The molecule has 0 saturated carbocycles. The molecule has 0 radical (unpaired) electrons. The highest BCUT2D eigenvalue weighted by Gasteiger charge is 2.09. The lowest BCUT2D eigenvalue weighted by Gasteiger charge is -2.23. The van der Waals surface area contributed by atoms with E-state index in [2.05, 4.69) is 16.0 Å². The van der Waals surface area contributed by atoms with Crippen molar-refractivity contribution in [2.75, 3.05) is 23.7 Å². The second kappa shape index (κ2) is 5.20. The molecule has 1 atom stereocenters. The maximum atomic E-state index is 8.76. The van der Waals surface area contributed by atoms with Crippen LogP contribution in [0.1, 0.15) is 13.8 Å². The van der Waals surface area contributed by atoms with Crippen molar-refractivity contribution in [3.63, 3.8) is 0 Å². The van der Waals surface area contributed by atoms with E-state index in [0.717, 1.165) is 12.2 Å². The van der Waals surface area contributed by atoms with Crippen molar-refractivity contribution in [3.05, 3.63) is 18.5 Å². The van der Waals surface area contributed by atoms with Crippen molar-refractivity contribution >= 4 is 11.4 Å². The first-order chi connectivity index (χ1) is 7.17. The molecular formula is C11H16N4. The van der Waals surface area contributed by atoms with E-state index in [1.54, 1.807) is 12.4 Å². The predicted molar refractivity (Wildman–Crippen MR) is 61.3 cm³/mol. The van der Waals surface area contributed by atoms with Gasteiger partial charge in [0, 0.05) is 19.3 Å². The Kier molecular flexibility index (Phi) is 3.92. The molecule has 0 saturated heterocycles. The van der Waals surface area contributed by atoms with E-state index in [1.807, 2.05) is 19.9 Å². The number of anilines is 2. The molecule has 1 rings (SSSR count). The van der Waals surface area contributed by atoms with Gasteiger partial charge in [-0.15, -0.1) is 0 Å². The maximum absolute atomic E-state index is 8.76. The fourth-order valence-electron chi connectivity index (χ4n) is 1.41. The first-order valence-corrected chi connectivity index (χ1v) is 5.02. The zero-order valence-electron chi connectivity index (χ0n) is 9.14. The van der Waals surface area contributed by atoms with Crippen molar-refractivity contribution in [2.24, 2.45) is 5.92 Å². The summed E-state index contributed by atoms with van der Waals surface area (Å²) in [6.07, 6.45) is 3.38. The van der Waals surface area contributed by atoms with Gasteiger partial charge in [0.05, 0.1) is 29.6 Å². The molecule has 0 aliphatic rings. The van der Waals surface area contributed by atoms with Crippen LogP contribution in [-0.2, 0) is 0 Å². The number of aromatic nitrogens is 1. The first kappa shape index (κ1) is 11.3. The summed E-state index contributed by atoms with van der Waals surface area (Å²) in [4.78, 5) is 6.13. The molecule has 1 aromatic rings. The van der Waals surface area contributed by atoms with E-state index in [-0.39, 0.29) is 5.92 Å². The topological polar surface area (TPSA) is 65.9 Å². The van der Waals surface area contributed by atoms with Crippen LogP contribution in [0.25, 0.3) is 0 Å². The van der Waals surface area contributed by atoms with E-state index in [9.17, 15) is 0 Å². The molecule has 1 aromatic heterocycles. The summed E-state index contributed by atoms with van der Waals surface area (Å²) in [5.41, 5.74) is 7.28. The highest BCUT2D eigenvalue weighted by atomic mass is 15.1. The predicted octanol–water partition coefficient (Wildman–Crippen LogP) is 1.65. The van der Waals surface area contributed by atoms with Crippen molar-refractivity contribution < 1.29 is 0 Å². The zero-order chi connectivity index (χ0) is 11.3. The Morgan fingerprint density at radius 1 is 1.60 bits per heavy atom. The summed E-state index contributed by atoms with van der Waals surface area (Å²) in [6, 6.07) is 4.10. The number of rotatable bonds is 4. The summed E-state index contributed by atoms with van der Waals surface area (Å²) in [7, 11) is 0. The van der Waals surface area contributed by atoms with Crippen LogP contribution in [0.5, 0.6) is 0 Å². The Labute approximate surface area is 90.3 Å². The summed E-state index contributed by atoms with van der Waals surface area (Å²) < 4.78 is 0. The lowest BCUT2D eigenvalue weighted by molar-refractivity contribution is 0.685. The van der Waals surface area contributed by atoms with Crippen LogP contribution in [0, 0.1) is 17.2 Å². The largest absolute Gasteiger partial charge is 0.397 e. The standard InChI is InChI=1S/C11H16N4/c1-3-15(8-9(2)5-12)11-4-10(13)6-14-7-11/h4,6-7,9H,3,8,13H2,1-2H3. The van der Waals surface area contributed by atoms with Crippen molar-refractivity contribution in [2.45, 2.75) is 13.8 Å². The molecule has 0 fully saturated rings. The summed E-state index contributed by atoms with van der Waals surface area (Å²) in [5, 5.41) is 8.76. The third-order valence-corrected chi connectivity index (χ3v) is 2.21. The molecule has 0 aliphatic carbocycles. The van der Waals surface area contributed by atoms with E-state index in [0.29, 0.717) is 12.2 Å². The lowest BCUT2D eigenvalue weighted by Crippen LogP contribution is -2.27. The van der Waals surface area contributed by atoms with Gasteiger partial charge in [-0.05, 0) is 19.9 Å². The monoisotopic (exact) mass is 204 g/mol. The molecule has 0 aromatic carbocycles. The molecular weight excluding hydrogens is 188 g/mol. The summed E-state index contributed by atoms with van der Waals surface area (Å²) in [6.45, 7) is 5.50. The molecule has 4 heteroatoms. The number of pyridine rings is 1. The fourth-order valence-corrected chi connectivity index (χ4v) is 1.41. The van der Waals surface area contributed by atoms with Crippen LogP contribution < -0.4 is 10.6 Å². The van der Waals surface area contributed by atoms with Crippen molar-refractivity contribution in [3.8, 4) is 6.07 Å². The van der Waals surface area contributed by atoms with Gasteiger partial charge >= 0.3 is 0 Å². The zero-order valence-corrected chi connectivity index (χ0v) is 9.14. The van der Waals surface area contributed by atoms with Crippen LogP contribution in [0.4, 0.5) is 11.4 Å². The first-order valence-electron chi connectivity index (χ1n) is 5.02. The van der Waals surface area contributed by atoms with Gasteiger partial charge in [0.1, 0.15) is 0 Å². The van der Waals surface area contributed by atoms with Crippen LogP contribution in [0.15, 0.2) is 18.5 Å². The van der Waals surface area contributed by atoms with Gasteiger partial charge in [0.2, 0.25) is 0 Å². The minimum atomic E-state index is 0.00591. The molecule has 80 valence electrons. The van der Waals surface area contributed by atoms with Crippen molar-refractivity contribution in [1.29, 1.82) is 5.26 Å². The number of hydrogen-bond acceptors (Lipinski definition) is 4. The van der Waals surface area contributed by atoms with Gasteiger partial charge in [-0.3, -0.25) is 4.98 Å². The SMILES string of the molecule is CCN(CC(C)C#N)c1cncc(N)c1. The molecule has 4 nitrogen and oxygen atoms in total. The lowest BCUT2D eigenvalue weighted by atomic mass is 10.2. The Hall–Kier alpha value is -1.76. The molecule has 1 heterocycles.